The van der Waals surface area contributed by atoms with Crippen LogP contribution in [0.3, 0.4) is 0 Å². The number of amides is 1. The zero-order valence-corrected chi connectivity index (χ0v) is 8.99. The van der Waals surface area contributed by atoms with Gasteiger partial charge >= 0.3 is 0 Å². The number of rotatable bonds is 4. The van der Waals surface area contributed by atoms with Crippen molar-refractivity contribution in [1.82, 2.24) is 5.32 Å². The normalized spacial score (nSPS) is 9.25. The molecule has 0 fully saturated rings. The monoisotopic (exact) mass is 219 g/mol. The summed E-state index contributed by atoms with van der Waals surface area (Å²) in [6.45, 7) is 2.29. The molecule has 0 heterocycles. The Kier molecular flexibility index (Phi) is 4.16. The quantitative estimate of drug-likeness (QED) is 0.737. The lowest BCUT2D eigenvalue weighted by Crippen LogP contribution is -2.22. The SMILES string of the molecule is CCNC(=O)c1ccc(N)c(OCC#N)c1. The average molecular weight is 219 g/mol. The molecule has 3 N–H and O–H groups in total. The van der Waals surface area contributed by atoms with Gasteiger partial charge in [0, 0.05) is 12.1 Å². The molecule has 1 rings (SSSR count). The van der Waals surface area contributed by atoms with Crippen LogP contribution >= 0.6 is 0 Å². The van der Waals surface area contributed by atoms with E-state index in [-0.39, 0.29) is 12.5 Å². The predicted octanol–water partition coefficient (Wildman–Crippen LogP) is 0.921. The zero-order valence-electron chi connectivity index (χ0n) is 8.99. The molecule has 0 unspecified atom stereocenters. The van der Waals surface area contributed by atoms with Gasteiger partial charge < -0.3 is 15.8 Å². The summed E-state index contributed by atoms with van der Waals surface area (Å²) < 4.78 is 5.09. The van der Waals surface area contributed by atoms with E-state index in [0.29, 0.717) is 23.5 Å². The number of carbonyl (C=O) groups is 1. The van der Waals surface area contributed by atoms with E-state index in [9.17, 15) is 4.79 Å². The van der Waals surface area contributed by atoms with Crippen LogP contribution < -0.4 is 15.8 Å². The van der Waals surface area contributed by atoms with Gasteiger partial charge in [-0.1, -0.05) is 0 Å². The van der Waals surface area contributed by atoms with Crippen LogP contribution in [-0.4, -0.2) is 19.1 Å². The third-order valence-corrected chi connectivity index (χ3v) is 1.91. The minimum atomic E-state index is -0.190. The van der Waals surface area contributed by atoms with E-state index in [1.54, 1.807) is 12.1 Å². The fraction of sp³-hybridized carbons (Fsp3) is 0.273. The van der Waals surface area contributed by atoms with E-state index < -0.39 is 0 Å². The summed E-state index contributed by atoms with van der Waals surface area (Å²) in [5.41, 5.74) is 6.51. The highest BCUT2D eigenvalue weighted by atomic mass is 16.5. The molecule has 0 atom stereocenters. The van der Waals surface area contributed by atoms with Gasteiger partial charge in [0.2, 0.25) is 0 Å². The maximum absolute atomic E-state index is 11.5. The van der Waals surface area contributed by atoms with Crippen molar-refractivity contribution in [3.8, 4) is 11.8 Å². The second-order valence-corrected chi connectivity index (χ2v) is 3.06. The number of nitrogens with one attached hydrogen (secondary N) is 1. The molecule has 0 spiro atoms. The van der Waals surface area contributed by atoms with Gasteiger partial charge in [0.05, 0.1) is 5.69 Å². The first-order valence-electron chi connectivity index (χ1n) is 4.86. The van der Waals surface area contributed by atoms with Crippen LogP contribution in [-0.2, 0) is 0 Å². The number of benzene rings is 1. The maximum atomic E-state index is 11.5. The van der Waals surface area contributed by atoms with Gasteiger partial charge in [0.25, 0.3) is 5.91 Å². The summed E-state index contributed by atoms with van der Waals surface area (Å²) in [5.74, 6) is 0.162. The molecular weight excluding hydrogens is 206 g/mol. The molecule has 0 aliphatic carbocycles. The fourth-order valence-electron chi connectivity index (χ4n) is 1.17. The van der Waals surface area contributed by atoms with Gasteiger partial charge in [-0.05, 0) is 25.1 Å². The molecule has 0 saturated carbocycles. The third-order valence-electron chi connectivity index (χ3n) is 1.91. The number of nitrogen functional groups attached to an aromatic ring is 1. The summed E-state index contributed by atoms with van der Waals surface area (Å²) in [6.07, 6.45) is 0. The van der Waals surface area contributed by atoms with Crippen molar-refractivity contribution >= 4 is 11.6 Å². The van der Waals surface area contributed by atoms with E-state index in [4.69, 9.17) is 15.7 Å². The Morgan fingerprint density at radius 1 is 1.62 bits per heavy atom. The summed E-state index contributed by atoms with van der Waals surface area (Å²) in [5, 5.41) is 11.1. The van der Waals surface area contributed by atoms with Crippen molar-refractivity contribution < 1.29 is 9.53 Å². The van der Waals surface area contributed by atoms with E-state index in [1.165, 1.54) is 6.07 Å². The van der Waals surface area contributed by atoms with Crippen LogP contribution in [0.25, 0.3) is 0 Å². The lowest BCUT2D eigenvalue weighted by Gasteiger charge is -2.08. The molecule has 0 aliphatic heterocycles. The zero-order chi connectivity index (χ0) is 12.0. The molecule has 16 heavy (non-hydrogen) atoms. The van der Waals surface area contributed by atoms with Gasteiger partial charge in [0.1, 0.15) is 11.8 Å². The molecule has 1 amide bonds. The van der Waals surface area contributed by atoms with Crippen LogP contribution in [0, 0.1) is 11.3 Å². The summed E-state index contributed by atoms with van der Waals surface area (Å²) >= 11 is 0. The van der Waals surface area contributed by atoms with E-state index >= 15 is 0 Å². The first-order valence-corrected chi connectivity index (χ1v) is 4.86. The van der Waals surface area contributed by atoms with Gasteiger partial charge in [-0.3, -0.25) is 4.79 Å². The van der Waals surface area contributed by atoms with E-state index in [0.717, 1.165) is 0 Å². The minimum absolute atomic E-state index is 0.0942. The van der Waals surface area contributed by atoms with Crippen LogP contribution in [0.1, 0.15) is 17.3 Å². The van der Waals surface area contributed by atoms with Gasteiger partial charge in [-0.2, -0.15) is 5.26 Å². The third kappa shape index (κ3) is 2.89. The van der Waals surface area contributed by atoms with Gasteiger partial charge in [-0.15, -0.1) is 0 Å². The Bertz CT molecular complexity index is 424. The highest BCUT2D eigenvalue weighted by Gasteiger charge is 2.08. The second kappa shape index (κ2) is 5.61. The number of carbonyl (C=O) groups excluding carboxylic acids is 1. The van der Waals surface area contributed by atoms with Crippen molar-refractivity contribution in [2.75, 3.05) is 18.9 Å². The molecule has 0 saturated heterocycles. The standard InChI is InChI=1S/C11H13N3O2/c1-2-14-11(15)8-3-4-9(13)10(7-8)16-6-5-12/h3-4,7H,2,6,13H2,1H3,(H,14,15). The number of hydrogen-bond donors (Lipinski definition) is 2. The predicted molar refractivity (Wildman–Crippen MR) is 60.0 cm³/mol. The molecule has 1 aromatic rings. The summed E-state index contributed by atoms with van der Waals surface area (Å²) in [6, 6.07) is 6.56. The van der Waals surface area contributed by atoms with Crippen LogP contribution in [0.4, 0.5) is 5.69 Å². The topological polar surface area (TPSA) is 88.1 Å². The number of anilines is 1. The largest absolute Gasteiger partial charge is 0.477 e. The molecule has 0 aliphatic rings. The first-order chi connectivity index (χ1) is 7.69. The first kappa shape index (κ1) is 11.9. The number of nitriles is 1. The Labute approximate surface area is 93.8 Å². The molecule has 1 aromatic carbocycles. The Hall–Kier alpha value is -2.22. The Balaban J connectivity index is 2.89. The van der Waals surface area contributed by atoms with Crippen molar-refractivity contribution in [3.63, 3.8) is 0 Å². The highest BCUT2D eigenvalue weighted by Crippen LogP contribution is 2.22. The van der Waals surface area contributed by atoms with E-state index in [2.05, 4.69) is 5.32 Å². The number of ether oxygens (including phenoxy) is 1. The van der Waals surface area contributed by atoms with Crippen LogP contribution in [0.5, 0.6) is 5.75 Å². The van der Waals surface area contributed by atoms with Crippen molar-refractivity contribution in [2.45, 2.75) is 6.92 Å². The molecule has 5 heteroatoms. The van der Waals surface area contributed by atoms with Gasteiger partial charge in [-0.25, -0.2) is 0 Å². The number of nitrogens with two attached hydrogens (primary N) is 1. The average Bonchev–Trinajstić information content (AvgIpc) is 2.28. The lowest BCUT2D eigenvalue weighted by atomic mass is 10.2. The highest BCUT2D eigenvalue weighted by molar-refractivity contribution is 5.95. The van der Waals surface area contributed by atoms with Gasteiger partial charge in [0.15, 0.2) is 6.61 Å². The molecule has 0 bridgehead atoms. The van der Waals surface area contributed by atoms with Crippen molar-refractivity contribution in [3.05, 3.63) is 23.8 Å². The molecule has 0 radical (unpaired) electrons. The lowest BCUT2D eigenvalue weighted by molar-refractivity contribution is 0.0955. The number of nitrogens with zero attached hydrogens (tertiary/aromatic N) is 1. The summed E-state index contributed by atoms with van der Waals surface area (Å²) in [7, 11) is 0. The van der Waals surface area contributed by atoms with Crippen LogP contribution in [0.2, 0.25) is 0 Å². The second-order valence-electron chi connectivity index (χ2n) is 3.06. The minimum Gasteiger partial charge on any atom is -0.477 e. The van der Waals surface area contributed by atoms with Crippen molar-refractivity contribution in [2.24, 2.45) is 0 Å². The fourth-order valence-corrected chi connectivity index (χ4v) is 1.17. The summed E-state index contributed by atoms with van der Waals surface area (Å²) in [4.78, 5) is 11.5. The van der Waals surface area contributed by atoms with Crippen LogP contribution in [0.15, 0.2) is 18.2 Å². The maximum Gasteiger partial charge on any atom is 0.251 e. The molecule has 5 nitrogen and oxygen atoms in total. The Morgan fingerprint density at radius 2 is 2.38 bits per heavy atom. The molecule has 0 aromatic heterocycles. The molecule has 84 valence electrons. The smallest absolute Gasteiger partial charge is 0.251 e. The Morgan fingerprint density at radius 3 is 3.00 bits per heavy atom. The number of hydrogen-bond acceptors (Lipinski definition) is 4. The van der Waals surface area contributed by atoms with E-state index in [1.807, 2.05) is 13.0 Å². The van der Waals surface area contributed by atoms with Crippen molar-refractivity contribution in [1.29, 1.82) is 5.26 Å². The molecular formula is C11H13N3O2.